The Morgan fingerprint density at radius 1 is 0.971 bits per heavy atom. The van der Waals surface area contributed by atoms with Gasteiger partial charge in [0.25, 0.3) is 0 Å². The van der Waals surface area contributed by atoms with Crippen LogP contribution in [-0.2, 0) is 19.2 Å². The maximum absolute atomic E-state index is 13.0. The van der Waals surface area contributed by atoms with Crippen molar-refractivity contribution in [1.82, 2.24) is 15.5 Å². The molecule has 1 aliphatic heterocycles. The first-order valence-corrected chi connectivity index (χ1v) is 11.4. The Balaban J connectivity index is 2.90. The van der Waals surface area contributed by atoms with Crippen LogP contribution in [0, 0.1) is 0 Å². The Hall–Kier alpha value is -3.62. The van der Waals surface area contributed by atoms with Crippen molar-refractivity contribution >= 4 is 35.6 Å². The number of nitrogens with zero attached hydrogens (tertiary/aromatic N) is 3. The van der Waals surface area contributed by atoms with Crippen LogP contribution in [-0.4, -0.2) is 89.4 Å². The van der Waals surface area contributed by atoms with Gasteiger partial charge in [0.1, 0.15) is 18.1 Å². The maximum Gasteiger partial charge on any atom is 0.326 e. The molecule has 0 saturated carbocycles. The van der Waals surface area contributed by atoms with Crippen molar-refractivity contribution in [3.05, 3.63) is 0 Å². The molecular weight excluding hydrogens is 460 g/mol. The molecule has 35 heavy (non-hydrogen) atoms. The van der Waals surface area contributed by atoms with Crippen molar-refractivity contribution in [3.8, 4) is 0 Å². The fourth-order valence-corrected chi connectivity index (χ4v) is 3.64. The zero-order chi connectivity index (χ0) is 26.5. The molecule has 0 aromatic rings. The monoisotopic (exact) mass is 498 g/mol. The van der Waals surface area contributed by atoms with Crippen molar-refractivity contribution in [2.24, 2.45) is 38.7 Å². The minimum atomic E-state index is -1.24. The van der Waals surface area contributed by atoms with Crippen molar-refractivity contribution < 1.29 is 24.3 Å². The normalized spacial score (nSPS) is 17.5. The lowest BCUT2D eigenvalue weighted by molar-refractivity contribution is -0.143. The van der Waals surface area contributed by atoms with Crippen LogP contribution in [0.25, 0.3) is 0 Å². The molecule has 4 unspecified atom stereocenters. The van der Waals surface area contributed by atoms with Crippen molar-refractivity contribution in [1.29, 1.82) is 0 Å². The molecule has 1 fully saturated rings. The molecular formula is C20H38N10O5. The highest BCUT2D eigenvalue weighted by Crippen LogP contribution is 2.19. The molecule has 198 valence electrons. The van der Waals surface area contributed by atoms with Crippen LogP contribution < -0.4 is 39.3 Å². The lowest BCUT2D eigenvalue weighted by Gasteiger charge is -2.28. The van der Waals surface area contributed by atoms with E-state index in [1.807, 2.05) is 0 Å². The fraction of sp³-hybridized carbons (Fsp3) is 0.700. The molecule has 0 spiro atoms. The number of aliphatic carboxylic acids is 1. The first-order valence-electron chi connectivity index (χ1n) is 11.4. The molecule has 0 aromatic heterocycles. The summed E-state index contributed by atoms with van der Waals surface area (Å²) in [4.78, 5) is 59.0. The molecule has 3 amide bonds. The molecule has 1 rings (SSSR count). The van der Waals surface area contributed by atoms with Gasteiger partial charge in [-0.3, -0.25) is 24.4 Å². The Morgan fingerprint density at radius 3 is 2.00 bits per heavy atom. The highest BCUT2D eigenvalue weighted by molar-refractivity contribution is 5.94. The van der Waals surface area contributed by atoms with Crippen molar-refractivity contribution in [2.75, 3.05) is 19.6 Å². The summed E-state index contributed by atoms with van der Waals surface area (Å²) in [6.07, 6.45) is 1.91. The van der Waals surface area contributed by atoms with Gasteiger partial charge in [0, 0.05) is 19.6 Å². The second-order valence-electron chi connectivity index (χ2n) is 8.34. The van der Waals surface area contributed by atoms with E-state index in [1.165, 1.54) is 11.8 Å². The van der Waals surface area contributed by atoms with Gasteiger partial charge in [0.2, 0.25) is 17.7 Å². The average Bonchev–Trinajstić information content (AvgIpc) is 3.26. The lowest BCUT2D eigenvalue weighted by atomic mass is 10.1. The number of hydrogen-bond donors (Lipinski definition) is 8. The predicted octanol–water partition coefficient (Wildman–Crippen LogP) is -3.51. The van der Waals surface area contributed by atoms with E-state index in [0.717, 1.165) is 0 Å². The molecule has 1 aliphatic rings. The van der Waals surface area contributed by atoms with E-state index >= 15 is 0 Å². The number of rotatable bonds is 14. The number of carboxylic acid groups (broad SMARTS) is 1. The minimum Gasteiger partial charge on any atom is -0.480 e. The molecule has 0 aliphatic carbocycles. The summed E-state index contributed by atoms with van der Waals surface area (Å²) in [5.41, 5.74) is 26.8. The minimum absolute atomic E-state index is 0.0752. The number of carboxylic acids is 1. The zero-order valence-electron chi connectivity index (χ0n) is 20.0. The van der Waals surface area contributed by atoms with E-state index in [2.05, 4.69) is 20.6 Å². The van der Waals surface area contributed by atoms with Gasteiger partial charge in [-0.15, -0.1) is 0 Å². The van der Waals surface area contributed by atoms with Crippen molar-refractivity contribution in [2.45, 2.75) is 69.6 Å². The molecule has 0 radical (unpaired) electrons. The van der Waals surface area contributed by atoms with E-state index in [1.54, 1.807) is 0 Å². The number of carbonyl (C=O) groups excluding carboxylic acids is 3. The summed E-state index contributed by atoms with van der Waals surface area (Å²) in [6.45, 7) is 2.33. The third kappa shape index (κ3) is 10.5. The van der Waals surface area contributed by atoms with Gasteiger partial charge >= 0.3 is 5.97 Å². The topological polar surface area (TPSA) is 271 Å². The third-order valence-electron chi connectivity index (χ3n) is 5.37. The first kappa shape index (κ1) is 29.4. The van der Waals surface area contributed by atoms with Crippen molar-refractivity contribution in [3.63, 3.8) is 0 Å². The molecule has 0 bridgehead atoms. The third-order valence-corrected chi connectivity index (χ3v) is 5.37. The van der Waals surface area contributed by atoms with Crippen LogP contribution in [0.5, 0.6) is 0 Å². The lowest BCUT2D eigenvalue weighted by Crippen LogP contribution is -2.56. The maximum atomic E-state index is 13.0. The van der Waals surface area contributed by atoms with E-state index in [9.17, 15) is 24.3 Å². The Bertz CT molecular complexity index is 808. The molecule has 15 heteroatoms. The second kappa shape index (κ2) is 14.6. The number of hydrogen-bond acceptors (Lipinski definition) is 7. The number of carbonyl (C=O) groups is 4. The van der Waals surface area contributed by atoms with Gasteiger partial charge in [-0.05, 0) is 45.4 Å². The van der Waals surface area contributed by atoms with Crippen LogP contribution in [0.1, 0.15) is 45.4 Å². The van der Waals surface area contributed by atoms with Gasteiger partial charge in [-0.25, -0.2) is 4.79 Å². The van der Waals surface area contributed by atoms with Crippen LogP contribution in [0.2, 0.25) is 0 Å². The summed E-state index contributed by atoms with van der Waals surface area (Å²) in [6, 6.07) is -3.81. The molecule has 4 atom stereocenters. The highest BCUT2D eigenvalue weighted by atomic mass is 16.4. The summed E-state index contributed by atoms with van der Waals surface area (Å²) < 4.78 is 0. The number of aliphatic imine (C=N–C) groups is 2. The number of amides is 3. The largest absolute Gasteiger partial charge is 0.480 e. The van der Waals surface area contributed by atoms with Gasteiger partial charge in [-0.2, -0.15) is 0 Å². The highest BCUT2D eigenvalue weighted by Gasteiger charge is 2.37. The molecule has 1 saturated heterocycles. The van der Waals surface area contributed by atoms with E-state index in [-0.39, 0.29) is 43.8 Å². The Kier molecular flexibility index (Phi) is 12.3. The fourth-order valence-electron chi connectivity index (χ4n) is 3.64. The Labute approximate surface area is 203 Å². The quantitative estimate of drug-likeness (QED) is 0.0664. The number of nitrogens with two attached hydrogens (primary N) is 5. The molecule has 15 nitrogen and oxygen atoms in total. The molecule has 0 aromatic carbocycles. The smallest absolute Gasteiger partial charge is 0.326 e. The average molecular weight is 499 g/mol. The molecule has 1 heterocycles. The first-order chi connectivity index (χ1) is 16.4. The second-order valence-corrected chi connectivity index (χ2v) is 8.34. The van der Waals surface area contributed by atoms with Gasteiger partial charge in [0.05, 0.1) is 6.04 Å². The van der Waals surface area contributed by atoms with Crippen LogP contribution in [0.3, 0.4) is 0 Å². The van der Waals surface area contributed by atoms with Gasteiger partial charge in [-0.1, -0.05) is 0 Å². The van der Waals surface area contributed by atoms with E-state index in [4.69, 9.17) is 28.7 Å². The number of guanidine groups is 2. The van der Waals surface area contributed by atoms with Gasteiger partial charge in [0.15, 0.2) is 11.9 Å². The number of likely N-dealkylation sites (tertiary alicyclic amines) is 1. The van der Waals surface area contributed by atoms with Crippen LogP contribution in [0.4, 0.5) is 0 Å². The molecule has 13 N–H and O–H groups in total. The van der Waals surface area contributed by atoms with Crippen LogP contribution in [0.15, 0.2) is 9.98 Å². The zero-order valence-corrected chi connectivity index (χ0v) is 20.0. The van der Waals surface area contributed by atoms with Crippen LogP contribution >= 0.6 is 0 Å². The standard InChI is InChI=1S/C20H38N10O5/c1-11(21)17(33)30-10-4-7-14(30)16(32)28-12(5-2-8-26-19(22)23)15(31)29-13(18(34)35)6-3-9-27-20(24)25/h11-14H,2-10,21H2,1H3,(H,28,32)(H,29,31)(H,34,35)(H4,22,23,26)(H4,24,25,27). The summed E-state index contributed by atoms with van der Waals surface area (Å²) in [5.74, 6) is -3.02. The predicted molar refractivity (Wildman–Crippen MR) is 130 cm³/mol. The van der Waals surface area contributed by atoms with E-state index in [0.29, 0.717) is 32.2 Å². The van der Waals surface area contributed by atoms with Gasteiger partial charge < -0.3 is 49.3 Å². The number of nitrogens with one attached hydrogen (secondary N) is 2. The summed E-state index contributed by atoms with van der Waals surface area (Å²) in [7, 11) is 0. The SMILES string of the molecule is CC(N)C(=O)N1CCCC1C(=O)NC(CCCN=C(N)N)C(=O)NC(CCCN=C(N)N)C(=O)O. The summed E-state index contributed by atoms with van der Waals surface area (Å²) in [5, 5.41) is 14.6. The van der Waals surface area contributed by atoms with E-state index < -0.39 is 42.0 Å². The summed E-state index contributed by atoms with van der Waals surface area (Å²) >= 11 is 0. The Morgan fingerprint density at radius 2 is 1.51 bits per heavy atom.